The van der Waals surface area contributed by atoms with E-state index in [2.05, 4.69) is 4.74 Å². The van der Waals surface area contributed by atoms with E-state index in [-0.39, 0.29) is 0 Å². The lowest BCUT2D eigenvalue weighted by Gasteiger charge is -2.35. The summed E-state index contributed by atoms with van der Waals surface area (Å²) < 4.78 is 9.67. The van der Waals surface area contributed by atoms with Gasteiger partial charge in [0.15, 0.2) is 0 Å². The molecule has 1 aliphatic rings. The van der Waals surface area contributed by atoms with Crippen molar-refractivity contribution in [1.29, 1.82) is 0 Å². The third-order valence-electron chi connectivity index (χ3n) is 2.04. The number of likely N-dealkylation sites (tertiary alicyclic amines) is 1. The molecule has 1 saturated heterocycles. The van der Waals surface area contributed by atoms with Crippen LogP contribution in [0.5, 0.6) is 0 Å². The molecule has 0 radical (unpaired) electrons. The molecule has 0 aromatic carbocycles. The van der Waals surface area contributed by atoms with E-state index >= 15 is 0 Å². The van der Waals surface area contributed by atoms with Crippen LogP contribution in [0.3, 0.4) is 0 Å². The zero-order valence-corrected chi connectivity index (χ0v) is 10.1. The van der Waals surface area contributed by atoms with Crippen LogP contribution in [0, 0.1) is 0 Å². The van der Waals surface area contributed by atoms with Crippen LogP contribution in [-0.2, 0) is 14.3 Å². The van der Waals surface area contributed by atoms with Gasteiger partial charge in [0.2, 0.25) is 0 Å². The fraction of sp³-hybridized carbons (Fsp3) is 0.636. The van der Waals surface area contributed by atoms with E-state index in [4.69, 9.17) is 4.74 Å². The van der Waals surface area contributed by atoms with E-state index < -0.39 is 17.7 Å². The van der Waals surface area contributed by atoms with Crippen molar-refractivity contribution in [3.63, 3.8) is 0 Å². The molecule has 0 aromatic heterocycles. The Kier molecular flexibility index (Phi) is 3.57. The number of methoxy groups -OCH3 is 1. The number of rotatable bonds is 1. The predicted molar refractivity (Wildman–Crippen MR) is 57.7 cm³/mol. The van der Waals surface area contributed by atoms with E-state index in [1.165, 1.54) is 18.1 Å². The molecule has 0 unspecified atom stereocenters. The number of nitrogens with zero attached hydrogens (tertiary/aromatic N) is 1. The van der Waals surface area contributed by atoms with Gasteiger partial charge < -0.3 is 9.47 Å². The van der Waals surface area contributed by atoms with Crippen molar-refractivity contribution < 1.29 is 19.1 Å². The summed E-state index contributed by atoms with van der Waals surface area (Å²) in [6.07, 6.45) is 1.58. The molecule has 0 atom stereocenters. The second kappa shape index (κ2) is 4.55. The highest BCUT2D eigenvalue weighted by Gasteiger charge is 2.31. The van der Waals surface area contributed by atoms with E-state index in [9.17, 15) is 9.59 Å². The number of carbonyl (C=O) groups is 2. The zero-order chi connectivity index (χ0) is 12.3. The van der Waals surface area contributed by atoms with Gasteiger partial charge in [-0.25, -0.2) is 9.59 Å². The number of ether oxygens (including phenoxy) is 2. The Bertz CT molecular complexity index is 327. The van der Waals surface area contributed by atoms with Gasteiger partial charge in [-0.1, -0.05) is 0 Å². The summed E-state index contributed by atoms with van der Waals surface area (Å²) in [5, 5.41) is 0. The Morgan fingerprint density at radius 1 is 1.38 bits per heavy atom. The highest BCUT2D eigenvalue weighted by atomic mass is 16.6. The topological polar surface area (TPSA) is 55.8 Å². The summed E-state index contributed by atoms with van der Waals surface area (Å²) in [5.41, 5.74) is 0.115. The van der Waals surface area contributed by atoms with Gasteiger partial charge in [0.05, 0.1) is 7.11 Å². The first-order valence-electron chi connectivity index (χ1n) is 5.12. The summed E-state index contributed by atoms with van der Waals surface area (Å²) in [7, 11) is 1.30. The molecule has 0 spiro atoms. The molecule has 1 aliphatic heterocycles. The third-order valence-corrected chi connectivity index (χ3v) is 2.04. The normalized spacial score (nSPS) is 18.0. The van der Waals surface area contributed by atoms with Crippen LogP contribution in [0.4, 0.5) is 4.79 Å². The van der Waals surface area contributed by atoms with Crippen LogP contribution >= 0.6 is 0 Å². The Labute approximate surface area is 95.0 Å². The van der Waals surface area contributed by atoms with Crippen molar-refractivity contribution in [2.45, 2.75) is 32.8 Å². The Hall–Kier alpha value is -1.52. The average Bonchev–Trinajstić information content (AvgIpc) is 2.08. The summed E-state index contributed by atoms with van der Waals surface area (Å²) in [5.74, 6) is -0.455. The second-order valence-corrected chi connectivity index (χ2v) is 4.54. The maximum atomic E-state index is 11.6. The van der Waals surface area contributed by atoms with Crippen LogP contribution in [-0.4, -0.2) is 36.2 Å². The van der Waals surface area contributed by atoms with Gasteiger partial charge >= 0.3 is 12.1 Å². The predicted octanol–water partition coefficient (Wildman–Crippen LogP) is 1.68. The SMILES string of the molecule is COC(=O)/C=C1\CCN1C(=O)OC(C)(C)C. The molecule has 1 rings (SSSR count). The third kappa shape index (κ3) is 3.25. The smallest absolute Gasteiger partial charge is 0.414 e. The largest absolute Gasteiger partial charge is 0.466 e. The van der Waals surface area contributed by atoms with Crippen LogP contribution in [0.15, 0.2) is 11.8 Å². The second-order valence-electron chi connectivity index (χ2n) is 4.54. The molecule has 0 aromatic rings. The molecule has 0 saturated carbocycles. The first-order valence-corrected chi connectivity index (χ1v) is 5.12. The van der Waals surface area contributed by atoms with Crippen molar-refractivity contribution in [3.05, 3.63) is 11.8 Å². The highest BCUT2D eigenvalue weighted by Crippen LogP contribution is 2.24. The summed E-state index contributed by atoms with van der Waals surface area (Å²) >= 11 is 0. The van der Waals surface area contributed by atoms with Crippen molar-refractivity contribution in [1.82, 2.24) is 4.90 Å². The van der Waals surface area contributed by atoms with Crippen LogP contribution in [0.25, 0.3) is 0 Å². The van der Waals surface area contributed by atoms with Gasteiger partial charge in [-0.3, -0.25) is 4.90 Å². The monoisotopic (exact) mass is 227 g/mol. The first kappa shape index (κ1) is 12.5. The Balaban J connectivity index is 2.59. The van der Waals surface area contributed by atoms with Crippen molar-refractivity contribution in [3.8, 4) is 0 Å². The van der Waals surface area contributed by atoms with Gasteiger partial charge in [-0.2, -0.15) is 0 Å². The minimum absolute atomic E-state index is 0.422. The van der Waals surface area contributed by atoms with E-state index in [1.54, 1.807) is 20.8 Å². The zero-order valence-electron chi connectivity index (χ0n) is 10.1. The molecule has 1 heterocycles. The van der Waals surface area contributed by atoms with Gasteiger partial charge in [-0.05, 0) is 20.8 Å². The van der Waals surface area contributed by atoms with Crippen molar-refractivity contribution >= 4 is 12.1 Å². The van der Waals surface area contributed by atoms with Gasteiger partial charge in [-0.15, -0.1) is 0 Å². The molecule has 90 valence electrons. The minimum atomic E-state index is -0.525. The van der Waals surface area contributed by atoms with Crippen LogP contribution < -0.4 is 0 Å². The Morgan fingerprint density at radius 2 is 2.00 bits per heavy atom. The lowest BCUT2D eigenvalue weighted by atomic mass is 10.1. The molecule has 5 nitrogen and oxygen atoms in total. The molecule has 1 fully saturated rings. The standard InChI is InChI=1S/C11H17NO4/c1-11(2,3)16-10(14)12-6-5-8(12)7-9(13)15-4/h7H,5-6H2,1-4H3/b8-7+. The number of hydrogen-bond acceptors (Lipinski definition) is 4. The molecule has 1 amide bonds. The van der Waals surface area contributed by atoms with E-state index in [1.807, 2.05) is 0 Å². The number of carbonyl (C=O) groups excluding carboxylic acids is 2. The molecule has 5 heteroatoms. The van der Waals surface area contributed by atoms with E-state index in [0.717, 1.165) is 0 Å². The highest BCUT2D eigenvalue weighted by molar-refractivity contribution is 5.84. The fourth-order valence-electron chi connectivity index (χ4n) is 1.22. The average molecular weight is 227 g/mol. The fourth-order valence-corrected chi connectivity index (χ4v) is 1.22. The number of amides is 1. The quantitative estimate of drug-likeness (QED) is 0.505. The van der Waals surface area contributed by atoms with Crippen molar-refractivity contribution in [2.75, 3.05) is 13.7 Å². The summed E-state index contributed by atoms with van der Waals surface area (Å²) in [4.78, 5) is 24.1. The molecule has 0 N–H and O–H groups in total. The van der Waals surface area contributed by atoms with E-state index in [0.29, 0.717) is 18.7 Å². The Morgan fingerprint density at radius 3 is 2.38 bits per heavy atom. The number of hydrogen-bond donors (Lipinski definition) is 0. The van der Waals surface area contributed by atoms with Crippen LogP contribution in [0.2, 0.25) is 0 Å². The summed E-state index contributed by atoms with van der Waals surface area (Å²) in [6.45, 7) is 5.98. The molecule has 0 aliphatic carbocycles. The lowest BCUT2D eigenvalue weighted by Crippen LogP contribution is -2.43. The van der Waals surface area contributed by atoms with Crippen molar-refractivity contribution in [2.24, 2.45) is 0 Å². The first-order chi connectivity index (χ1) is 7.33. The molecular formula is C11H17NO4. The van der Waals surface area contributed by atoms with Gasteiger partial charge in [0.25, 0.3) is 0 Å². The minimum Gasteiger partial charge on any atom is -0.466 e. The molecular weight excluding hydrogens is 210 g/mol. The van der Waals surface area contributed by atoms with Gasteiger partial charge in [0, 0.05) is 24.7 Å². The molecule has 0 bridgehead atoms. The van der Waals surface area contributed by atoms with Crippen LogP contribution in [0.1, 0.15) is 27.2 Å². The summed E-state index contributed by atoms with van der Waals surface area (Å²) in [6, 6.07) is 0. The molecule has 16 heavy (non-hydrogen) atoms. The number of esters is 1. The maximum Gasteiger partial charge on any atom is 0.414 e. The maximum absolute atomic E-state index is 11.6. The lowest BCUT2D eigenvalue weighted by molar-refractivity contribution is -0.135. The van der Waals surface area contributed by atoms with Gasteiger partial charge in [0.1, 0.15) is 5.60 Å².